The Kier molecular flexibility index (Phi) is 3.68. The van der Waals surface area contributed by atoms with Crippen LogP contribution in [0, 0.1) is 5.92 Å². The predicted molar refractivity (Wildman–Crippen MR) is 47.9 cm³/mol. The molecule has 0 aromatic rings. The quantitative estimate of drug-likeness (QED) is 0.288. The summed E-state index contributed by atoms with van der Waals surface area (Å²) in [5.74, 6) is -0.803. The first-order chi connectivity index (χ1) is 6.24. The fourth-order valence-corrected chi connectivity index (χ4v) is 1.43. The number of cyclic esters (lactones) is 2. The SMILES string of the molecule is C=CCCCC1CCC(=O)OC1=O. The number of ether oxygens (including phenoxy) is 1. The van der Waals surface area contributed by atoms with Crippen LogP contribution < -0.4 is 0 Å². The van der Waals surface area contributed by atoms with Crippen molar-refractivity contribution in [3.05, 3.63) is 12.7 Å². The van der Waals surface area contributed by atoms with Crippen molar-refractivity contribution < 1.29 is 14.3 Å². The molecule has 1 unspecified atom stereocenters. The van der Waals surface area contributed by atoms with E-state index in [1.165, 1.54) is 0 Å². The van der Waals surface area contributed by atoms with Gasteiger partial charge in [-0.1, -0.05) is 6.08 Å². The fourth-order valence-electron chi connectivity index (χ4n) is 1.43. The van der Waals surface area contributed by atoms with Gasteiger partial charge in [0.2, 0.25) is 0 Å². The molecule has 3 heteroatoms. The molecule has 0 aromatic carbocycles. The minimum atomic E-state index is -0.384. The largest absolute Gasteiger partial charge is 0.393 e. The van der Waals surface area contributed by atoms with E-state index in [2.05, 4.69) is 11.3 Å². The molecule has 1 fully saturated rings. The highest BCUT2D eigenvalue weighted by Crippen LogP contribution is 2.21. The molecule has 72 valence electrons. The normalized spacial score (nSPS) is 22.6. The van der Waals surface area contributed by atoms with Gasteiger partial charge in [-0.25, -0.2) is 0 Å². The standard InChI is InChI=1S/C10H14O3/c1-2-3-4-5-8-6-7-9(11)13-10(8)12/h2,8H,1,3-7H2. The van der Waals surface area contributed by atoms with Crippen molar-refractivity contribution in [3.8, 4) is 0 Å². The van der Waals surface area contributed by atoms with Crippen LogP contribution in [0.15, 0.2) is 12.7 Å². The first-order valence-corrected chi connectivity index (χ1v) is 4.59. The minimum absolute atomic E-state index is 0.0716. The molecule has 3 nitrogen and oxygen atoms in total. The molecule has 1 heterocycles. The maximum atomic E-state index is 11.1. The molecule has 1 saturated heterocycles. The van der Waals surface area contributed by atoms with Gasteiger partial charge in [0, 0.05) is 6.42 Å². The average molecular weight is 182 g/mol. The monoisotopic (exact) mass is 182 g/mol. The van der Waals surface area contributed by atoms with Gasteiger partial charge in [0.1, 0.15) is 0 Å². The Labute approximate surface area is 77.8 Å². The molecule has 0 aliphatic carbocycles. The van der Waals surface area contributed by atoms with Crippen LogP contribution in [0.2, 0.25) is 0 Å². The van der Waals surface area contributed by atoms with Gasteiger partial charge in [0.25, 0.3) is 0 Å². The highest BCUT2D eigenvalue weighted by atomic mass is 16.6. The molecule has 1 rings (SSSR count). The van der Waals surface area contributed by atoms with Gasteiger partial charge in [-0.2, -0.15) is 0 Å². The van der Waals surface area contributed by atoms with Crippen LogP contribution in [0.4, 0.5) is 0 Å². The topological polar surface area (TPSA) is 43.4 Å². The second-order valence-electron chi connectivity index (χ2n) is 3.25. The average Bonchev–Trinajstić information content (AvgIpc) is 2.09. The van der Waals surface area contributed by atoms with Gasteiger partial charge in [0.15, 0.2) is 0 Å². The Balaban J connectivity index is 2.29. The highest BCUT2D eigenvalue weighted by molar-refractivity contribution is 5.89. The summed E-state index contributed by atoms with van der Waals surface area (Å²) < 4.78 is 4.53. The molecular formula is C10H14O3. The van der Waals surface area contributed by atoms with Crippen molar-refractivity contribution in [2.24, 2.45) is 5.92 Å². The number of unbranched alkanes of at least 4 members (excludes halogenated alkanes) is 1. The first-order valence-electron chi connectivity index (χ1n) is 4.59. The van der Waals surface area contributed by atoms with Crippen molar-refractivity contribution in [3.63, 3.8) is 0 Å². The Morgan fingerprint density at radius 2 is 2.31 bits per heavy atom. The molecule has 0 spiro atoms. The summed E-state index contributed by atoms with van der Waals surface area (Å²) in [7, 11) is 0. The van der Waals surface area contributed by atoms with Crippen molar-refractivity contribution in [2.45, 2.75) is 32.1 Å². The Bertz CT molecular complexity index is 220. The van der Waals surface area contributed by atoms with Crippen LogP contribution in [-0.4, -0.2) is 11.9 Å². The highest BCUT2D eigenvalue weighted by Gasteiger charge is 2.27. The van der Waals surface area contributed by atoms with Crippen LogP contribution in [0.5, 0.6) is 0 Å². The molecule has 1 aliphatic heterocycles. The van der Waals surface area contributed by atoms with E-state index in [0.29, 0.717) is 12.8 Å². The number of rotatable bonds is 4. The molecule has 0 radical (unpaired) electrons. The molecule has 0 N–H and O–H groups in total. The zero-order chi connectivity index (χ0) is 9.68. The number of allylic oxidation sites excluding steroid dienone is 1. The Morgan fingerprint density at radius 1 is 1.54 bits per heavy atom. The maximum Gasteiger partial charge on any atom is 0.316 e. The lowest BCUT2D eigenvalue weighted by molar-refractivity contribution is -0.167. The molecule has 0 bridgehead atoms. The molecule has 1 aliphatic rings. The summed E-state index contributed by atoms with van der Waals surface area (Å²) in [5, 5.41) is 0. The summed E-state index contributed by atoms with van der Waals surface area (Å²) in [6.07, 6.45) is 5.52. The van der Waals surface area contributed by atoms with Crippen molar-refractivity contribution >= 4 is 11.9 Å². The lowest BCUT2D eigenvalue weighted by Gasteiger charge is -2.18. The smallest absolute Gasteiger partial charge is 0.316 e. The van der Waals surface area contributed by atoms with Crippen LogP contribution in [-0.2, 0) is 14.3 Å². The van der Waals surface area contributed by atoms with Crippen LogP contribution in [0.25, 0.3) is 0 Å². The summed E-state index contributed by atoms with van der Waals surface area (Å²) >= 11 is 0. The molecular weight excluding hydrogens is 168 g/mol. The summed E-state index contributed by atoms with van der Waals surface area (Å²) in [6, 6.07) is 0. The van der Waals surface area contributed by atoms with Gasteiger partial charge in [-0.15, -0.1) is 6.58 Å². The lowest BCUT2D eigenvalue weighted by atomic mass is 9.95. The van der Waals surface area contributed by atoms with Crippen molar-refractivity contribution in [1.29, 1.82) is 0 Å². The van der Waals surface area contributed by atoms with Gasteiger partial charge in [-0.3, -0.25) is 9.59 Å². The first kappa shape index (κ1) is 9.96. The van der Waals surface area contributed by atoms with E-state index in [0.717, 1.165) is 19.3 Å². The van der Waals surface area contributed by atoms with E-state index < -0.39 is 0 Å². The molecule has 13 heavy (non-hydrogen) atoms. The third-order valence-electron chi connectivity index (χ3n) is 2.21. The molecule has 0 saturated carbocycles. The summed E-state index contributed by atoms with van der Waals surface area (Å²) in [6.45, 7) is 3.60. The van der Waals surface area contributed by atoms with Gasteiger partial charge in [-0.05, 0) is 25.7 Å². The van der Waals surface area contributed by atoms with Crippen molar-refractivity contribution in [1.82, 2.24) is 0 Å². The lowest BCUT2D eigenvalue weighted by Crippen LogP contribution is -2.27. The van der Waals surface area contributed by atoms with E-state index in [1.807, 2.05) is 6.08 Å². The van der Waals surface area contributed by atoms with Crippen LogP contribution in [0.1, 0.15) is 32.1 Å². The number of hydrogen-bond acceptors (Lipinski definition) is 3. The van der Waals surface area contributed by atoms with E-state index in [1.54, 1.807) is 0 Å². The van der Waals surface area contributed by atoms with Crippen LogP contribution in [0.3, 0.4) is 0 Å². The van der Waals surface area contributed by atoms with Crippen molar-refractivity contribution in [2.75, 3.05) is 0 Å². The zero-order valence-electron chi connectivity index (χ0n) is 7.62. The van der Waals surface area contributed by atoms with Gasteiger partial charge < -0.3 is 4.74 Å². The molecule has 0 amide bonds. The second-order valence-corrected chi connectivity index (χ2v) is 3.25. The Morgan fingerprint density at radius 3 is 2.92 bits per heavy atom. The van der Waals surface area contributed by atoms with E-state index in [9.17, 15) is 9.59 Å². The van der Waals surface area contributed by atoms with E-state index >= 15 is 0 Å². The molecule has 1 atom stereocenters. The predicted octanol–water partition coefficient (Wildman–Crippen LogP) is 1.82. The minimum Gasteiger partial charge on any atom is -0.393 e. The number of esters is 2. The maximum absolute atomic E-state index is 11.1. The molecule has 0 aromatic heterocycles. The second kappa shape index (κ2) is 4.80. The number of carbonyl (C=O) groups excluding carboxylic acids is 2. The number of hydrogen-bond donors (Lipinski definition) is 0. The summed E-state index contributed by atoms with van der Waals surface area (Å²) in [4.78, 5) is 21.8. The van der Waals surface area contributed by atoms with Gasteiger partial charge >= 0.3 is 11.9 Å². The summed E-state index contributed by atoms with van der Waals surface area (Å²) in [5.41, 5.74) is 0. The third kappa shape index (κ3) is 3.01. The third-order valence-corrected chi connectivity index (χ3v) is 2.21. The fraction of sp³-hybridized carbons (Fsp3) is 0.600. The van der Waals surface area contributed by atoms with E-state index in [-0.39, 0.29) is 17.9 Å². The number of carbonyl (C=O) groups is 2. The van der Waals surface area contributed by atoms with Gasteiger partial charge in [0.05, 0.1) is 5.92 Å². The Hall–Kier alpha value is -1.12. The zero-order valence-corrected chi connectivity index (χ0v) is 7.62. The van der Waals surface area contributed by atoms with E-state index in [4.69, 9.17) is 0 Å². The van der Waals surface area contributed by atoms with Crippen LogP contribution >= 0.6 is 0 Å².